The molecule has 0 radical (unpaired) electrons. The van der Waals surface area contributed by atoms with Gasteiger partial charge in [0.2, 0.25) is 0 Å². The van der Waals surface area contributed by atoms with E-state index in [1.54, 1.807) is 18.2 Å². The molecule has 3 rings (SSSR count). The van der Waals surface area contributed by atoms with E-state index in [9.17, 15) is 15.0 Å². The van der Waals surface area contributed by atoms with E-state index in [0.717, 1.165) is 23.1 Å². The summed E-state index contributed by atoms with van der Waals surface area (Å²) in [7, 11) is 0. The molecule has 23 heavy (non-hydrogen) atoms. The molecule has 1 aliphatic heterocycles. The van der Waals surface area contributed by atoms with Crippen LogP contribution >= 0.6 is 0 Å². The number of hydrogen-bond acceptors (Lipinski definition) is 5. The third kappa shape index (κ3) is 3.07. The van der Waals surface area contributed by atoms with Crippen molar-refractivity contribution in [3.8, 4) is 17.2 Å². The molecule has 4 N–H and O–H groups in total. The fourth-order valence-electron chi connectivity index (χ4n) is 2.85. The summed E-state index contributed by atoms with van der Waals surface area (Å²) in [6.45, 7) is 0.284. The van der Waals surface area contributed by atoms with Gasteiger partial charge in [-0.2, -0.15) is 0 Å². The molecular formula is C17H17NO5. The second kappa shape index (κ2) is 6.18. The zero-order chi connectivity index (χ0) is 16.4. The van der Waals surface area contributed by atoms with Gasteiger partial charge in [-0.05, 0) is 35.7 Å². The molecule has 0 aromatic heterocycles. The summed E-state index contributed by atoms with van der Waals surface area (Å²) in [5.41, 5.74) is 2.58. The van der Waals surface area contributed by atoms with Gasteiger partial charge < -0.3 is 25.4 Å². The smallest absolute Gasteiger partial charge is 0.341 e. The highest BCUT2D eigenvalue weighted by Crippen LogP contribution is 2.38. The summed E-state index contributed by atoms with van der Waals surface area (Å²) in [6.07, 6.45) is 0.734. The minimum absolute atomic E-state index is 0.139. The summed E-state index contributed by atoms with van der Waals surface area (Å²) < 4.78 is 5.37. The Labute approximate surface area is 133 Å². The van der Waals surface area contributed by atoms with Crippen LogP contribution in [0.2, 0.25) is 0 Å². The van der Waals surface area contributed by atoms with Crippen LogP contribution in [0.5, 0.6) is 17.2 Å². The molecule has 0 aliphatic carbocycles. The van der Waals surface area contributed by atoms with E-state index < -0.39 is 12.6 Å². The van der Waals surface area contributed by atoms with Gasteiger partial charge in [0.25, 0.3) is 0 Å². The largest absolute Gasteiger partial charge is 0.504 e. The molecule has 6 heteroatoms. The third-order valence-electron chi connectivity index (χ3n) is 3.87. The Bertz CT molecular complexity index is 744. The van der Waals surface area contributed by atoms with Crippen molar-refractivity contribution in [1.82, 2.24) is 5.32 Å². The van der Waals surface area contributed by atoms with Crippen molar-refractivity contribution in [2.24, 2.45) is 0 Å². The maximum Gasteiger partial charge on any atom is 0.341 e. The molecule has 1 atom stereocenters. The van der Waals surface area contributed by atoms with E-state index in [4.69, 9.17) is 9.84 Å². The van der Waals surface area contributed by atoms with Gasteiger partial charge in [0.05, 0.1) is 6.04 Å². The van der Waals surface area contributed by atoms with Crippen molar-refractivity contribution < 1.29 is 24.9 Å². The Morgan fingerprint density at radius 1 is 1.17 bits per heavy atom. The van der Waals surface area contributed by atoms with Crippen LogP contribution < -0.4 is 10.1 Å². The average Bonchev–Trinajstić information content (AvgIpc) is 2.54. The van der Waals surface area contributed by atoms with Crippen LogP contribution in [0.1, 0.15) is 22.7 Å². The van der Waals surface area contributed by atoms with Crippen LogP contribution in [0.25, 0.3) is 0 Å². The van der Waals surface area contributed by atoms with Crippen LogP contribution in [0.3, 0.4) is 0 Å². The quantitative estimate of drug-likeness (QED) is 0.642. The highest BCUT2D eigenvalue weighted by molar-refractivity contribution is 5.68. The number of para-hydroxylation sites is 1. The molecule has 0 saturated heterocycles. The number of carbonyl (C=O) groups is 1. The topological polar surface area (TPSA) is 99.0 Å². The van der Waals surface area contributed by atoms with E-state index in [-0.39, 0.29) is 17.5 Å². The Kier molecular flexibility index (Phi) is 4.08. The van der Waals surface area contributed by atoms with E-state index in [2.05, 4.69) is 5.32 Å². The molecular weight excluding hydrogens is 298 g/mol. The highest BCUT2D eigenvalue weighted by atomic mass is 16.5. The number of aliphatic carboxylic acids is 1. The first-order valence-corrected chi connectivity index (χ1v) is 7.28. The van der Waals surface area contributed by atoms with Crippen LogP contribution in [0.4, 0.5) is 0 Å². The van der Waals surface area contributed by atoms with Crippen molar-refractivity contribution in [1.29, 1.82) is 0 Å². The standard InChI is InChI=1S/C17H17NO5/c19-13-7-10-5-6-18-17(12(10)8-14(13)20)11-3-1-2-4-15(11)23-9-16(21)22/h1-4,7-8,17-20H,5-6,9H2,(H,21,22)/t17-/m1/s1. The lowest BCUT2D eigenvalue weighted by molar-refractivity contribution is -0.139. The van der Waals surface area contributed by atoms with Crippen LogP contribution in [0, 0.1) is 0 Å². The van der Waals surface area contributed by atoms with E-state index in [1.807, 2.05) is 12.1 Å². The molecule has 0 saturated carbocycles. The number of phenols is 2. The molecule has 1 aliphatic rings. The normalized spacial score (nSPS) is 16.6. The summed E-state index contributed by atoms with van der Waals surface area (Å²) in [5.74, 6) is -0.881. The average molecular weight is 315 g/mol. The number of phenolic OH excluding ortho intramolecular Hbond substituents is 2. The van der Waals surface area contributed by atoms with Crippen molar-refractivity contribution in [2.45, 2.75) is 12.5 Å². The van der Waals surface area contributed by atoms with Crippen LogP contribution in [-0.2, 0) is 11.2 Å². The monoisotopic (exact) mass is 315 g/mol. The molecule has 0 fully saturated rings. The number of hydrogen-bond donors (Lipinski definition) is 4. The molecule has 1 heterocycles. The first-order valence-electron chi connectivity index (χ1n) is 7.28. The third-order valence-corrected chi connectivity index (χ3v) is 3.87. The summed E-state index contributed by atoms with van der Waals surface area (Å²) >= 11 is 0. The maximum absolute atomic E-state index is 10.7. The summed E-state index contributed by atoms with van der Waals surface area (Å²) in [4.78, 5) is 10.7. The molecule has 0 bridgehead atoms. The van der Waals surface area contributed by atoms with Gasteiger partial charge >= 0.3 is 5.97 Å². The second-order valence-electron chi connectivity index (χ2n) is 5.40. The molecule has 0 unspecified atom stereocenters. The van der Waals surface area contributed by atoms with Crippen LogP contribution in [-0.4, -0.2) is 34.4 Å². The number of carboxylic acid groups (broad SMARTS) is 1. The molecule has 6 nitrogen and oxygen atoms in total. The predicted octanol–water partition coefficient (Wildman–Crippen LogP) is 1.80. The maximum atomic E-state index is 10.7. The van der Waals surface area contributed by atoms with E-state index in [1.165, 1.54) is 6.07 Å². The fourth-order valence-corrected chi connectivity index (χ4v) is 2.85. The number of ether oxygens (including phenoxy) is 1. The van der Waals surface area contributed by atoms with E-state index in [0.29, 0.717) is 12.3 Å². The molecule has 2 aromatic rings. The highest BCUT2D eigenvalue weighted by Gasteiger charge is 2.25. The molecule has 2 aromatic carbocycles. The van der Waals surface area contributed by atoms with Crippen molar-refractivity contribution in [3.63, 3.8) is 0 Å². The Morgan fingerprint density at radius 2 is 1.91 bits per heavy atom. The zero-order valence-corrected chi connectivity index (χ0v) is 12.3. The van der Waals surface area contributed by atoms with Gasteiger partial charge in [-0.1, -0.05) is 18.2 Å². The van der Waals surface area contributed by atoms with E-state index >= 15 is 0 Å². The van der Waals surface area contributed by atoms with Gasteiger partial charge in [0.1, 0.15) is 5.75 Å². The number of rotatable bonds is 4. The van der Waals surface area contributed by atoms with Crippen LogP contribution in [0.15, 0.2) is 36.4 Å². The van der Waals surface area contributed by atoms with Gasteiger partial charge in [-0.3, -0.25) is 0 Å². The Hall–Kier alpha value is -2.73. The van der Waals surface area contributed by atoms with Gasteiger partial charge in [-0.15, -0.1) is 0 Å². The lowest BCUT2D eigenvalue weighted by atomic mass is 9.89. The zero-order valence-electron chi connectivity index (χ0n) is 12.3. The SMILES string of the molecule is O=C(O)COc1ccccc1[C@H]1NCCc2cc(O)c(O)cc21. The minimum Gasteiger partial charge on any atom is -0.504 e. The summed E-state index contributed by atoms with van der Waals surface area (Å²) in [6, 6.07) is 10.1. The van der Waals surface area contributed by atoms with Crippen molar-refractivity contribution in [3.05, 3.63) is 53.1 Å². The number of carboxylic acids is 1. The van der Waals surface area contributed by atoms with Crippen molar-refractivity contribution >= 4 is 5.97 Å². The number of fused-ring (bicyclic) bond motifs is 1. The minimum atomic E-state index is -1.04. The van der Waals surface area contributed by atoms with Gasteiger partial charge in [0, 0.05) is 12.1 Å². The Balaban J connectivity index is 2.01. The molecule has 0 spiro atoms. The number of benzene rings is 2. The lowest BCUT2D eigenvalue weighted by Crippen LogP contribution is -2.31. The number of aromatic hydroxyl groups is 2. The first-order chi connectivity index (χ1) is 11.1. The second-order valence-corrected chi connectivity index (χ2v) is 5.40. The predicted molar refractivity (Wildman–Crippen MR) is 82.9 cm³/mol. The fraction of sp³-hybridized carbons (Fsp3) is 0.235. The summed E-state index contributed by atoms with van der Waals surface area (Å²) in [5, 5.41) is 31.6. The van der Waals surface area contributed by atoms with Crippen molar-refractivity contribution in [2.75, 3.05) is 13.2 Å². The number of nitrogens with one attached hydrogen (secondary N) is 1. The van der Waals surface area contributed by atoms with Gasteiger partial charge in [-0.25, -0.2) is 4.79 Å². The molecule has 120 valence electrons. The molecule has 0 amide bonds. The van der Waals surface area contributed by atoms with Gasteiger partial charge in [0.15, 0.2) is 18.1 Å². The Morgan fingerprint density at radius 3 is 2.70 bits per heavy atom. The lowest BCUT2D eigenvalue weighted by Gasteiger charge is -2.29. The first kappa shape index (κ1) is 15.2.